The van der Waals surface area contributed by atoms with E-state index in [1.165, 1.54) is 24.3 Å². The second kappa shape index (κ2) is 6.06. The van der Waals surface area contributed by atoms with Crippen molar-refractivity contribution in [2.45, 2.75) is 0 Å². The number of benzene rings is 2. The predicted octanol–water partition coefficient (Wildman–Crippen LogP) is 2.47. The average Bonchev–Trinajstić information content (AvgIpc) is 2.56. The van der Waals surface area contributed by atoms with Gasteiger partial charge in [-0.2, -0.15) is 0 Å². The molecular formula is C17H17FN2O. The van der Waals surface area contributed by atoms with E-state index in [1.54, 1.807) is 0 Å². The first-order valence-electron chi connectivity index (χ1n) is 7.10. The molecule has 21 heavy (non-hydrogen) atoms. The summed E-state index contributed by atoms with van der Waals surface area (Å²) in [5.41, 5.74) is 2.26. The van der Waals surface area contributed by atoms with Crippen molar-refractivity contribution in [1.82, 2.24) is 5.32 Å². The van der Waals surface area contributed by atoms with Crippen LogP contribution in [0.2, 0.25) is 0 Å². The Kier molecular flexibility index (Phi) is 3.97. The number of halogens is 1. The molecule has 1 N–H and O–H groups in total. The van der Waals surface area contributed by atoms with Crippen LogP contribution in [0, 0.1) is 5.82 Å². The van der Waals surface area contributed by atoms with E-state index in [4.69, 9.17) is 0 Å². The van der Waals surface area contributed by atoms with Crippen molar-refractivity contribution in [1.29, 1.82) is 0 Å². The first-order valence-corrected chi connectivity index (χ1v) is 7.10. The molecule has 0 bridgehead atoms. The van der Waals surface area contributed by atoms with Crippen molar-refractivity contribution in [2.24, 2.45) is 0 Å². The summed E-state index contributed by atoms with van der Waals surface area (Å²) in [6.07, 6.45) is 0. The number of hydrogen-bond donors (Lipinski definition) is 1. The Morgan fingerprint density at radius 3 is 2.00 bits per heavy atom. The fraction of sp³-hybridized carbons (Fsp3) is 0.235. The summed E-state index contributed by atoms with van der Waals surface area (Å²) in [4.78, 5) is 14.6. The molecule has 3 nitrogen and oxygen atoms in total. The Bertz CT molecular complexity index is 616. The zero-order valence-electron chi connectivity index (χ0n) is 11.7. The van der Waals surface area contributed by atoms with Gasteiger partial charge in [-0.3, -0.25) is 4.79 Å². The van der Waals surface area contributed by atoms with Gasteiger partial charge in [0.25, 0.3) is 0 Å². The SMILES string of the molecule is O=C(c1ccc(F)cc1)c1ccc(N2CCNCC2)cc1. The molecule has 0 aromatic heterocycles. The first kappa shape index (κ1) is 13.8. The van der Waals surface area contributed by atoms with E-state index in [0.717, 1.165) is 31.9 Å². The zero-order chi connectivity index (χ0) is 14.7. The number of hydrogen-bond acceptors (Lipinski definition) is 3. The van der Waals surface area contributed by atoms with Crippen LogP contribution in [0.5, 0.6) is 0 Å². The molecule has 0 unspecified atom stereocenters. The molecule has 0 atom stereocenters. The lowest BCUT2D eigenvalue weighted by molar-refractivity contribution is 0.103. The minimum Gasteiger partial charge on any atom is -0.369 e. The summed E-state index contributed by atoms with van der Waals surface area (Å²) in [6.45, 7) is 3.92. The van der Waals surface area contributed by atoms with Gasteiger partial charge in [0.2, 0.25) is 0 Å². The van der Waals surface area contributed by atoms with E-state index in [-0.39, 0.29) is 11.6 Å². The molecule has 1 aliphatic rings. The number of carbonyl (C=O) groups is 1. The second-order valence-corrected chi connectivity index (χ2v) is 5.12. The maximum absolute atomic E-state index is 12.9. The van der Waals surface area contributed by atoms with Gasteiger partial charge < -0.3 is 10.2 Å². The number of nitrogens with one attached hydrogen (secondary N) is 1. The molecule has 1 aliphatic heterocycles. The van der Waals surface area contributed by atoms with Gasteiger partial charge in [0.1, 0.15) is 5.82 Å². The van der Waals surface area contributed by atoms with Gasteiger partial charge in [-0.15, -0.1) is 0 Å². The maximum atomic E-state index is 12.9. The van der Waals surface area contributed by atoms with Crippen LogP contribution in [0.15, 0.2) is 48.5 Å². The third kappa shape index (κ3) is 3.11. The van der Waals surface area contributed by atoms with E-state index in [0.29, 0.717) is 11.1 Å². The molecule has 0 aliphatic carbocycles. The molecule has 2 aromatic carbocycles. The van der Waals surface area contributed by atoms with Gasteiger partial charge in [-0.25, -0.2) is 4.39 Å². The molecule has 1 fully saturated rings. The lowest BCUT2D eigenvalue weighted by Gasteiger charge is -2.29. The number of rotatable bonds is 3. The lowest BCUT2D eigenvalue weighted by Crippen LogP contribution is -2.43. The van der Waals surface area contributed by atoms with E-state index in [2.05, 4.69) is 10.2 Å². The minimum absolute atomic E-state index is 0.0816. The molecule has 0 saturated carbocycles. The summed E-state index contributed by atoms with van der Waals surface area (Å²) >= 11 is 0. The van der Waals surface area contributed by atoms with Crippen molar-refractivity contribution >= 4 is 11.5 Å². The molecule has 1 heterocycles. The van der Waals surface area contributed by atoms with Crippen LogP contribution in [-0.4, -0.2) is 32.0 Å². The Hall–Kier alpha value is -2.20. The fourth-order valence-electron chi connectivity index (χ4n) is 2.51. The molecule has 108 valence electrons. The highest BCUT2D eigenvalue weighted by Crippen LogP contribution is 2.18. The number of nitrogens with zero attached hydrogens (tertiary/aromatic N) is 1. The Morgan fingerprint density at radius 1 is 0.905 bits per heavy atom. The average molecular weight is 284 g/mol. The summed E-state index contributed by atoms with van der Waals surface area (Å²) in [5.74, 6) is -0.414. The predicted molar refractivity (Wildman–Crippen MR) is 81.4 cm³/mol. The second-order valence-electron chi connectivity index (χ2n) is 5.12. The summed E-state index contributed by atoms with van der Waals surface area (Å²) in [6, 6.07) is 13.3. The Balaban J connectivity index is 1.77. The number of carbonyl (C=O) groups excluding carboxylic acids is 1. The highest BCUT2D eigenvalue weighted by atomic mass is 19.1. The van der Waals surface area contributed by atoms with Crippen molar-refractivity contribution < 1.29 is 9.18 Å². The maximum Gasteiger partial charge on any atom is 0.193 e. The van der Waals surface area contributed by atoms with Crippen molar-refractivity contribution in [3.05, 3.63) is 65.5 Å². The largest absolute Gasteiger partial charge is 0.369 e. The topological polar surface area (TPSA) is 32.3 Å². The monoisotopic (exact) mass is 284 g/mol. The summed E-state index contributed by atoms with van der Waals surface area (Å²) in [5, 5.41) is 3.31. The third-order valence-corrected chi connectivity index (χ3v) is 3.72. The molecule has 4 heteroatoms. The summed E-state index contributed by atoms with van der Waals surface area (Å²) < 4.78 is 12.9. The van der Waals surface area contributed by atoms with E-state index < -0.39 is 0 Å². The van der Waals surface area contributed by atoms with Gasteiger partial charge in [0, 0.05) is 43.0 Å². The van der Waals surface area contributed by atoms with Gasteiger partial charge in [0.05, 0.1) is 0 Å². The number of ketones is 1. The third-order valence-electron chi connectivity index (χ3n) is 3.72. The van der Waals surface area contributed by atoms with E-state index in [1.807, 2.05) is 24.3 Å². The van der Waals surface area contributed by atoms with Crippen LogP contribution in [-0.2, 0) is 0 Å². The highest BCUT2D eigenvalue weighted by Gasteiger charge is 2.12. The molecular weight excluding hydrogens is 267 g/mol. The van der Waals surface area contributed by atoms with Crippen molar-refractivity contribution in [3.8, 4) is 0 Å². The molecule has 0 radical (unpaired) electrons. The van der Waals surface area contributed by atoms with Gasteiger partial charge in [-0.05, 0) is 48.5 Å². The Labute approximate surface area is 123 Å². The van der Waals surface area contributed by atoms with Crippen LogP contribution in [0.4, 0.5) is 10.1 Å². The van der Waals surface area contributed by atoms with Crippen LogP contribution in [0.1, 0.15) is 15.9 Å². The van der Waals surface area contributed by atoms with E-state index >= 15 is 0 Å². The smallest absolute Gasteiger partial charge is 0.193 e. The molecule has 2 aromatic rings. The van der Waals surface area contributed by atoms with Crippen molar-refractivity contribution in [3.63, 3.8) is 0 Å². The van der Waals surface area contributed by atoms with Gasteiger partial charge in [-0.1, -0.05) is 0 Å². The highest BCUT2D eigenvalue weighted by molar-refractivity contribution is 6.09. The summed E-state index contributed by atoms with van der Waals surface area (Å²) in [7, 11) is 0. The number of anilines is 1. The lowest BCUT2D eigenvalue weighted by atomic mass is 10.0. The van der Waals surface area contributed by atoms with Crippen LogP contribution < -0.4 is 10.2 Å². The molecule has 0 amide bonds. The standard InChI is InChI=1S/C17H17FN2O/c18-15-5-1-13(2-6-15)17(21)14-3-7-16(8-4-14)20-11-9-19-10-12-20/h1-8,19H,9-12H2. The number of piperazine rings is 1. The first-order chi connectivity index (χ1) is 10.2. The Morgan fingerprint density at radius 2 is 1.43 bits per heavy atom. The molecule has 3 rings (SSSR count). The van der Waals surface area contributed by atoms with Crippen molar-refractivity contribution in [2.75, 3.05) is 31.1 Å². The van der Waals surface area contributed by atoms with Gasteiger partial charge in [0.15, 0.2) is 5.78 Å². The molecule has 0 spiro atoms. The van der Waals surface area contributed by atoms with E-state index in [9.17, 15) is 9.18 Å². The van der Waals surface area contributed by atoms with Crippen LogP contribution in [0.3, 0.4) is 0 Å². The quantitative estimate of drug-likeness (QED) is 0.879. The normalized spacial score (nSPS) is 15.0. The van der Waals surface area contributed by atoms with Gasteiger partial charge >= 0.3 is 0 Å². The van der Waals surface area contributed by atoms with Crippen LogP contribution >= 0.6 is 0 Å². The van der Waals surface area contributed by atoms with Crippen LogP contribution in [0.25, 0.3) is 0 Å². The fourth-order valence-corrected chi connectivity index (χ4v) is 2.51. The molecule has 1 saturated heterocycles. The minimum atomic E-state index is -0.333. The zero-order valence-corrected chi connectivity index (χ0v) is 11.7.